The van der Waals surface area contributed by atoms with Crippen LogP contribution in [-0.4, -0.2) is 35.7 Å². The lowest BCUT2D eigenvalue weighted by Gasteiger charge is -2.29. The minimum absolute atomic E-state index is 0.220. The monoisotopic (exact) mass is 228 g/mol. The third-order valence-corrected chi connectivity index (χ3v) is 2.40. The molecule has 1 N–H and O–H groups in total. The van der Waals surface area contributed by atoms with Crippen LogP contribution in [0.5, 0.6) is 0 Å². The van der Waals surface area contributed by atoms with Crippen LogP contribution in [0.4, 0.5) is 9.59 Å². The van der Waals surface area contributed by atoms with E-state index in [4.69, 9.17) is 4.74 Å². The van der Waals surface area contributed by atoms with Gasteiger partial charge in [-0.25, -0.2) is 14.5 Å². The van der Waals surface area contributed by atoms with Crippen molar-refractivity contribution in [2.45, 2.75) is 51.7 Å². The van der Waals surface area contributed by atoms with Crippen molar-refractivity contribution in [1.29, 1.82) is 0 Å². The second kappa shape index (κ2) is 4.72. The number of carbonyl (C=O) groups is 2. The van der Waals surface area contributed by atoms with Gasteiger partial charge >= 0.3 is 12.1 Å². The molecule has 1 aliphatic carbocycles. The van der Waals surface area contributed by atoms with Gasteiger partial charge in [0.2, 0.25) is 0 Å². The van der Waals surface area contributed by atoms with Crippen molar-refractivity contribution < 1.29 is 14.3 Å². The van der Waals surface area contributed by atoms with Crippen LogP contribution in [-0.2, 0) is 4.74 Å². The molecule has 0 radical (unpaired) electrons. The summed E-state index contributed by atoms with van der Waals surface area (Å²) < 4.78 is 5.08. The molecule has 1 aliphatic rings. The summed E-state index contributed by atoms with van der Waals surface area (Å²) in [5, 5.41) is 2.77. The zero-order valence-electron chi connectivity index (χ0n) is 10.4. The summed E-state index contributed by atoms with van der Waals surface area (Å²) in [5.41, 5.74) is -0.581. The Balaban J connectivity index is 2.39. The molecule has 0 aromatic rings. The Labute approximate surface area is 96.1 Å². The van der Waals surface area contributed by atoms with Gasteiger partial charge in [-0.05, 0) is 40.0 Å². The quantitative estimate of drug-likeness (QED) is 0.747. The van der Waals surface area contributed by atoms with Crippen LogP contribution in [0.1, 0.15) is 40.0 Å². The molecule has 3 amide bonds. The summed E-state index contributed by atoms with van der Waals surface area (Å²) >= 11 is 0. The molecular formula is C11H20N2O3. The second-order valence-electron chi connectivity index (χ2n) is 5.12. The molecule has 5 heteroatoms. The number of nitrogens with zero attached hydrogens (tertiary/aromatic N) is 1. The molecule has 0 saturated heterocycles. The van der Waals surface area contributed by atoms with Gasteiger partial charge < -0.3 is 10.1 Å². The summed E-state index contributed by atoms with van der Waals surface area (Å²) in [6.07, 6.45) is 2.51. The Hall–Kier alpha value is -1.26. The van der Waals surface area contributed by atoms with E-state index < -0.39 is 11.7 Å². The molecule has 1 rings (SSSR count). The lowest BCUT2D eigenvalue weighted by atomic mass is 9.93. The highest BCUT2D eigenvalue weighted by atomic mass is 16.6. The smallest absolute Gasteiger partial charge is 0.418 e. The number of hydrogen-bond acceptors (Lipinski definition) is 3. The van der Waals surface area contributed by atoms with Crippen molar-refractivity contribution in [2.75, 3.05) is 7.05 Å². The van der Waals surface area contributed by atoms with Gasteiger partial charge in [0, 0.05) is 13.1 Å². The zero-order chi connectivity index (χ0) is 12.3. The maximum absolute atomic E-state index is 11.6. The van der Waals surface area contributed by atoms with Gasteiger partial charge in [-0.3, -0.25) is 0 Å². The summed E-state index contributed by atoms with van der Waals surface area (Å²) in [7, 11) is 1.42. The molecule has 0 unspecified atom stereocenters. The van der Waals surface area contributed by atoms with Crippen LogP contribution in [0.25, 0.3) is 0 Å². The Morgan fingerprint density at radius 1 is 1.31 bits per heavy atom. The normalized spacial score (nSPS) is 16.2. The summed E-state index contributed by atoms with van der Waals surface area (Å²) in [5.74, 6) is 0. The van der Waals surface area contributed by atoms with Crippen molar-refractivity contribution in [3.63, 3.8) is 0 Å². The first-order chi connectivity index (χ1) is 7.29. The third-order valence-electron chi connectivity index (χ3n) is 2.40. The SMILES string of the molecule is CN(C(=O)NC1CCC1)C(=O)OC(C)(C)C. The lowest BCUT2D eigenvalue weighted by molar-refractivity contribution is 0.0355. The zero-order valence-corrected chi connectivity index (χ0v) is 10.4. The molecular weight excluding hydrogens is 208 g/mol. The van der Waals surface area contributed by atoms with E-state index in [0.717, 1.165) is 24.2 Å². The molecule has 92 valence electrons. The van der Waals surface area contributed by atoms with E-state index in [2.05, 4.69) is 5.32 Å². The molecule has 1 fully saturated rings. The van der Waals surface area contributed by atoms with Gasteiger partial charge in [0.1, 0.15) is 5.60 Å². The van der Waals surface area contributed by atoms with Gasteiger partial charge in [-0.15, -0.1) is 0 Å². The topological polar surface area (TPSA) is 58.6 Å². The van der Waals surface area contributed by atoms with Gasteiger partial charge in [0.15, 0.2) is 0 Å². The van der Waals surface area contributed by atoms with Crippen LogP contribution < -0.4 is 5.32 Å². The molecule has 0 aliphatic heterocycles. The molecule has 0 bridgehead atoms. The second-order valence-corrected chi connectivity index (χ2v) is 5.12. The number of rotatable bonds is 1. The minimum Gasteiger partial charge on any atom is -0.443 e. The first kappa shape index (κ1) is 12.8. The molecule has 0 aromatic heterocycles. The third kappa shape index (κ3) is 3.72. The average molecular weight is 228 g/mol. The van der Waals surface area contributed by atoms with Crippen LogP contribution in [0.2, 0.25) is 0 Å². The fourth-order valence-electron chi connectivity index (χ4n) is 1.24. The van der Waals surface area contributed by atoms with E-state index in [0.29, 0.717) is 0 Å². The van der Waals surface area contributed by atoms with Gasteiger partial charge in [0.05, 0.1) is 0 Å². The fraction of sp³-hybridized carbons (Fsp3) is 0.818. The number of urea groups is 1. The number of carbonyl (C=O) groups excluding carboxylic acids is 2. The van der Waals surface area contributed by atoms with Crippen molar-refractivity contribution in [3.8, 4) is 0 Å². The highest BCUT2D eigenvalue weighted by molar-refractivity contribution is 5.90. The summed E-state index contributed by atoms with van der Waals surface area (Å²) in [4.78, 5) is 24.1. The van der Waals surface area contributed by atoms with E-state index in [1.165, 1.54) is 7.05 Å². The highest BCUT2D eigenvalue weighted by Crippen LogP contribution is 2.18. The Morgan fingerprint density at radius 2 is 1.88 bits per heavy atom. The van der Waals surface area contributed by atoms with Gasteiger partial charge in [0.25, 0.3) is 0 Å². The van der Waals surface area contributed by atoms with Crippen molar-refractivity contribution in [1.82, 2.24) is 10.2 Å². The maximum Gasteiger partial charge on any atom is 0.418 e. The minimum atomic E-state index is -0.621. The molecule has 0 heterocycles. The van der Waals surface area contributed by atoms with Crippen LogP contribution in [0, 0.1) is 0 Å². The predicted octanol–water partition coefficient (Wildman–Crippen LogP) is 2.12. The maximum atomic E-state index is 11.6. The van der Waals surface area contributed by atoms with Crippen LogP contribution in [0.3, 0.4) is 0 Å². The number of hydrogen-bond donors (Lipinski definition) is 1. The van der Waals surface area contributed by atoms with Gasteiger partial charge in [-0.1, -0.05) is 0 Å². The van der Waals surface area contributed by atoms with E-state index in [1.54, 1.807) is 20.8 Å². The highest BCUT2D eigenvalue weighted by Gasteiger charge is 2.27. The number of amides is 3. The van der Waals surface area contributed by atoms with E-state index in [1.807, 2.05) is 0 Å². The largest absolute Gasteiger partial charge is 0.443 e. The summed E-state index contributed by atoms with van der Waals surface area (Å²) in [6, 6.07) is -0.170. The number of ether oxygens (including phenoxy) is 1. The van der Waals surface area contributed by atoms with Crippen molar-refractivity contribution in [3.05, 3.63) is 0 Å². The predicted molar refractivity (Wildman–Crippen MR) is 60.2 cm³/mol. The first-order valence-corrected chi connectivity index (χ1v) is 5.57. The number of nitrogens with one attached hydrogen (secondary N) is 1. The molecule has 0 spiro atoms. The van der Waals surface area contributed by atoms with Crippen molar-refractivity contribution in [2.24, 2.45) is 0 Å². The number of imide groups is 1. The Morgan fingerprint density at radius 3 is 2.25 bits per heavy atom. The van der Waals surface area contributed by atoms with E-state index in [-0.39, 0.29) is 12.1 Å². The first-order valence-electron chi connectivity index (χ1n) is 5.57. The van der Waals surface area contributed by atoms with Crippen molar-refractivity contribution >= 4 is 12.1 Å². The fourth-order valence-corrected chi connectivity index (χ4v) is 1.24. The summed E-state index contributed by atoms with van der Waals surface area (Å²) in [6.45, 7) is 5.30. The van der Waals surface area contributed by atoms with Crippen LogP contribution in [0.15, 0.2) is 0 Å². The van der Waals surface area contributed by atoms with E-state index in [9.17, 15) is 9.59 Å². The molecule has 16 heavy (non-hydrogen) atoms. The molecule has 1 saturated carbocycles. The average Bonchev–Trinajstić information content (AvgIpc) is 2.06. The lowest BCUT2D eigenvalue weighted by Crippen LogP contribution is -2.49. The standard InChI is InChI=1S/C11H20N2O3/c1-11(2,3)16-10(15)13(4)9(14)12-8-6-5-7-8/h8H,5-7H2,1-4H3,(H,12,14). The van der Waals surface area contributed by atoms with Gasteiger partial charge in [-0.2, -0.15) is 0 Å². The molecule has 5 nitrogen and oxygen atoms in total. The Bertz CT molecular complexity index is 279. The Kier molecular flexibility index (Phi) is 3.78. The molecule has 0 atom stereocenters. The van der Waals surface area contributed by atoms with Crippen LogP contribution >= 0.6 is 0 Å². The van der Waals surface area contributed by atoms with E-state index >= 15 is 0 Å². The molecule has 0 aromatic carbocycles.